The molecule has 3 aromatic rings. The van der Waals surface area contributed by atoms with Crippen molar-refractivity contribution in [3.05, 3.63) is 52.9 Å². The van der Waals surface area contributed by atoms with Crippen LogP contribution in [0.2, 0.25) is 0 Å². The first-order valence-corrected chi connectivity index (χ1v) is 12.5. The fraction of sp³-hybridized carbons (Fsp3) is 0.444. The van der Waals surface area contributed by atoms with Crippen molar-refractivity contribution in [2.45, 2.75) is 39.5 Å². The van der Waals surface area contributed by atoms with Crippen LogP contribution in [0.5, 0.6) is 0 Å². The lowest BCUT2D eigenvalue weighted by Crippen LogP contribution is -2.48. The number of carbonyl (C=O) groups is 2. The average Bonchev–Trinajstić information content (AvgIpc) is 3.23. The van der Waals surface area contributed by atoms with Crippen LogP contribution < -0.4 is 10.2 Å². The van der Waals surface area contributed by atoms with Crippen molar-refractivity contribution >= 4 is 34.4 Å². The van der Waals surface area contributed by atoms with E-state index in [1.165, 1.54) is 11.3 Å². The zero-order valence-corrected chi connectivity index (χ0v) is 20.4. The van der Waals surface area contributed by atoms with Crippen molar-refractivity contribution in [2.75, 3.05) is 49.5 Å². The molecule has 5 rings (SSSR count). The van der Waals surface area contributed by atoms with Crippen LogP contribution in [0.3, 0.4) is 0 Å². The fourth-order valence-electron chi connectivity index (χ4n) is 5.22. The number of rotatable bonds is 6. The third kappa shape index (κ3) is 4.75. The molecular formula is C27H32N4O4. The summed E-state index contributed by atoms with van der Waals surface area (Å²) in [7, 11) is 0. The number of aryl methyl sites for hydroxylation is 2. The van der Waals surface area contributed by atoms with Crippen molar-refractivity contribution in [3.8, 4) is 0 Å². The number of para-hydroxylation sites is 1. The van der Waals surface area contributed by atoms with Gasteiger partial charge < -0.3 is 19.4 Å². The van der Waals surface area contributed by atoms with Crippen LogP contribution in [0.25, 0.3) is 11.1 Å². The molecular weight excluding hydrogens is 444 g/mol. The van der Waals surface area contributed by atoms with Gasteiger partial charge in [0.25, 0.3) is 0 Å². The van der Waals surface area contributed by atoms with Crippen LogP contribution in [-0.4, -0.2) is 61.1 Å². The van der Waals surface area contributed by atoms with Gasteiger partial charge in [0.2, 0.25) is 17.4 Å². The number of benzene rings is 1. The minimum atomic E-state index is -0.584. The topological polar surface area (TPSA) is 87.9 Å². The molecule has 184 valence electrons. The van der Waals surface area contributed by atoms with E-state index >= 15 is 0 Å². The predicted molar refractivity (Wildman–Crippen MR) is 135 cm³/mol. The quantitative estimate of drug-likeness (QED) is 0.539. The predicted octanol–water partition coefficient (Wildman–Crippen LogP) is 3.95. The largest absolute Gasteiger partial charge is 0.460 e. The normalized spacial score (nSPS) is 16.2. The minimum Gasteiger partial charge on any atom is -0.460 e. The van der Waals surface area contributed by atoms with Gasteiger partial charge in [0.05, 0.1) is 18.5 Å². The Hall–Kier alpha value is -3.39. The van der Waals surface area contributed by atoms with Gasteiger partial charge in [0.15, 0.2) is 0 Å². The van der Waals surface area contributed by atoms with Gasteiger partial charge in [-0.2, -0.15) is 0 Å². The first-order valence-electron chi connectivity index (χ1n) is 12.5. The fourth-order valence-corrected chi connectivity index (χ4v) is 5.22. The second-order valence-electron chi connectivity index (χ2n) is 9.22. The number of hydrogen-bond donors (Lipinski definition) is 1. The SMILES string of the molecule is CCOC(=O)c1oc2nc(C)c3c(c2c1NC(=O)CN1CCN(c2ccccc2)CC1)CCCC3. The third-order valence-electron chi connectivity index (χ3n) is 6.95. The maximum Gasteiger partial charge on any atom is 0.376 e. The molecule has 1 saturated heterocycles. The number of ether oxygens (including phenoxy) is 1. The van der Waals surface area contributed by atoms with Crippen molar-refractivity contribution in [1.82, 2.24) is 9.88 Å². The van der Waals surface area contributed by atoms with E-state index in [0.717, 1.165) is 68.5 Å². The number of fused-ring (bicyclic) bond motifs is 3. The summed E-state index contributed by atoms with van der Waals surface area (Å²) in [6.07, 6.45) is 4.00. The highest BCUT2D eigenvalue weighted by molar-refractivity contribution is 6.10. The highest BCUT2D eigenvalue weighted by atomic mass is 16.5. The zero-order valence-electron chi connectivity index (χ0n) is 20.4. The standard InChI is InChI=1S/C27H32N4O4/c1-3-34-27(33)25-24(23-21-12-8-7-11-20(21)18(2)28-26(23)35-25)29-22(32)17-30-13-15-31(16-14-30)19-9-5-4-6-10-19/h4-6,9-10H,3,7-8,11-17H2,1-2H3,(H,29,32). The molecule has 0 atom stereocenters. The van der Waals surface area contributed by atoms with Gasteiger partial charge in [-0.1, -0.05) is 18.2 Å². The Bertz CT molecular complexity index is 1230. The monoisotopic (exact) mass is 476 g/mol. The smallest absolute Gasteiger partial charge is 0.376 e. The lowest BCUT2D eigenvalue weighted by atomic mass is 9.89. The van der Waals surface area contributed by atoms with Crippen LogP contribution in [0, 0.1) is 6.92 Å². The molecule has 2 aromatic heterocycles. The Morgan fingerprint density at radius 2 is 1.77 bits per heavy atom. The molecule has 8 nitrogen and oxygen atoms in total. The summed E-state index contributed by atoms with van der Waals surface area (Å²) >= 11 is 0. The van der Waals surface area contributed by atoms with Crippen LogP contribution >= 0.6 is 0 Å². The molecule has 2 aliphatic rings. The van der Waals surface area contributed by atoms with Gasteiger partial charge in [-0.3, -0.25) is 9.69 Å². The third-order valence-corrected chi connectivity index (χ3v) is 6.95. The summed E-state index contributed by atoms with van der Waals surface area (Å²) in [5.41, 5.74) is 5.24. The molecule has 0 saturated carbocycles. The zero-order chi connectivity index (χ0) is 24.4. The molecule has 8 heteroatoms. The minimum absolute atomic E-state index is 0.0231. The number of nitrogens with one attached hydrogen (secondary N) is 1. The van der Waals surface area contributed by atoms with Gasteiger partial charge in [0, 0.05) is 37.6 Å². The van der Waals surface area contributed by atoms with Crippen molar-refractivity contribution in [3.63, 3.8) is 0 Å². The van der Waals surface area contributed by atoms with Crippen LogP contribution in [0.1, 0.15) is 47.1 Å². The molecule has 1 amide bonds. The lowest BCUT2D eigenvalue weighted by molar-refractivity contribution is -0.117. The van der Waals surface area contributed by atoms with Gasteiger partial charge in [-0.25, -0.2) is 9.78 Å². The molecule has 35 heavy (non-hydrogen) atoms. The molecule has 1 fully saturated rings. The summed E-state index contributed by atoms with van der Waals surface area (Å²) in [6, 6.07) is 10.3. The second-order valence-corrected chi connectivity index (χ2v) is 9.22. The maximum absolute atomic E-state index is 13.2. The van der Waals surface area contributed by atoms with E-state index in [4.69, 9.17) is 9.15 Å². The van der Waals surface area contributed by atoms with Gasteiger partial charge in [-0.05, 0) is 62.8 Å². The van der Waals surface area contributed by atoms with Crippen molar-refractivity contribution in [2.24, 2.45) is 0 Å². The maximum atomic E-state index is 13.2. The summed E-state index contributed by atoms with van der Waals surface area (Å²) < 4.78 is 11.1. The number of anilines is 2. The molecule has 1 N–H and O–H groups in total. The van der Waals surface area contributed by atoms with Gasteiger partial charge in [0.1, 0.15) is 5.69 Å². The number of nitrogens with zero attached hydrogens (tertiary/aromatic N) is 3. The van der Waals surface area contributed by atoms with Crippen LogP contribution in [0.4, 0.5) is 11.4 Å². The van der Waals surface area contributed by atoms with E-state index in [0.29, 0.717) is 11.4 Å². The Labute approximate surface area is 205 Å². The number of carbonyl (C=O) groups excluding carboxylic acids is 2. The van der Waals surface area contributed by atoms with E-state index in [1.807, 2.05) is 25.1 Å². The lowest BCUT2D eigenvalue weighted by Gasteiger charge is -2.35. The highest BCUT2D eigenvalue weighted by Gasteiger charge is 2.29. The van der Waals surface area contributed by atoms with Crippen LogP contribution in [0.15, 0.2) is 34.7 Å². The number of furan rings is 1. The summed E-state index contributed by atoms with van der Waals surface area (Å²) in [5.74, 6) is -0.731. The van der Waals surface area contributed by atoms with E-state index in [-0.39, 0.29) is 24.8 Å². The summed E-state index contributed by atoms with van der Waals surface area (Å²) in [4.78, 5) is 35.0. The number of pyridine rings is 1. The van der Waals surface area contributed by atoms with Gasteiger partial charge >= 0.3 is 5.97 Å². The number of amides is 1. The van der Waals surface area contributed by atoms with Crippen LogP contribution in [-0.2, 0) is 22.4 Å². The Kier molecular flexibility index (Phi) is 6.72. The molecule has 1 aromatic carbocycles. The number of aromatic nitrogens is 1. The molecule has 0 unspecified atom stereocenters. The Morgan fingerprint density at radius 1 is 1.06 bits per heavy atom. The van der Waals surface area contributed by atoms with Gasteiger partial charge in [-0.15, -0.1) is 0 Å². The molecule has 1 aliphatic heterocycles. The Balaban J connectivity index is 1.36. The number of esters is 1. The first kappa shape index (κ1) is 23.4. The molecule has 1 aliphatic carbocycles. The summed E-state index contributed by atoms with van der Waals surface area (Å²) in [6.45, 7) is 7.48. The molecule has 3 heterocycles. The van der Waals surface area contributed by atoms with Crippen molar-refractivity contribution in [1.29, 1.82) is 0 Å². The molecule has 0 spiro atoms. The molecule has 0 bridgehead atoms. The average molecular weight is 477 g/mol. The Morgan fingerprint density at radius 3 is 2.49 bits per heavy atom. The van der Waals surface area contributed by atoms with Crippen molar-refractivity contribution < 1.29 is 18.7 Å². The van der Waals surface area contributed by atoms with E-state index in [2.05, 4.69) is 32.2 Å². The second kappa shape index (κ2) is 10.1. The van der Waals surface area contributed by atoms with E-state index < -0.39 is 5.97 Å². The number of hydrogen-bond acceptors (Lipinski definition) is 7. The summed E-state index contributed by atoms with van der Waals surface area (Å²) in [5, 5.41) is 3.75. The van der Waals surface area contributed by atoms with E-state index in [9.17, 15) is 9.59 Å². The highest BCUT2D eigenvalue weighted by Crippen LogP contribution is 2.38. The number of piperazine rings is 1. The van der Waals surface area contributed by atoms with E-state index in [1.54, 1.807) is 6.92 Å². The first-order chi connectivity index (χ1) is 17.0. The molecule has 0 radical (unpaired) electrons.